The predicted molar refractivity (Wildman–Crippen MR) is 66.0 cm³/mol. The van der Waals surface area contributed by atoms with E-state index in [2.05, 4.69) is 15.6 Å². The van der Waals surface area contributed by atoms with Crippen LogP contribution < -0.4 is 10.6 Å². The second-order valence-electron chi connectivity index (χ2n) is 5.24. The van der Waals surface area contributed by atoms with E-state index < -0.39 is 0 Å². The van der Waals surface area contributed by atoms with Gasteiger partial charge in [0.05, 0.1) is 6.20 Å². The first-order valence-corrected chi connectivity index (χ1v) is 6.78. The lowest BCUT2D eigenvalue weighted by Crippen LogP contribution is -2.26. The van der Waals surface area contributed by atoms with Crippen molar-refractivity contribution in [3.05, 3.63) is 17.8 Å². The lowest BCUT2D eigenvalue weighted by Gasteiger charge is -2.19. The number of hydrogen-bond acceptors (Lipinski definition) is 4. The van der Waals surface area contributed by atoms with Crippen molar-refractivity contribution in [3.8, 4) is 0 Å². The quantitative estimate of drug-likeness (QED) is 0.829. The maximum absolute atomic E-state index is 5.92. The Morgan fingerprint density at radius 1 is 1.18 bits per heavy atom. The van der Waals surface area contributed by atoms with Crippen molar-refractivity contribution in [2.24, 2.45) is 5.92 Å². The van der Waals surface area contributed by atoms with Crippen LogP contribution in [0.2, 0.25) is 0 Å². The van der Waals surface area contributed by atoms with E-state index in [-0.39, 0.29) is 0 Å². The van der Waals surface area contributed by atoms with Crippen molar-refractivity contribution >= 4 is 0 Å². The minimum Gasteiger partial charge on any atom is -0.445 e. The fourth-order valence-electron chi connectivity index (χ4n) is 2.85. The normalized spacial score (nSPS) is 26.5. The molecule has 3 rings (SSSR count). The Bertz CT molecular complexity index is 351. The summed E-state index contributed by atoms with van der Waals surface area (Å²) in [5, 5.41) is 6.76. The summed E-state index contributed by atoms with van der Waals surface area (Å²) in [6, 6.07) is 0. The zero-order chi connectivity index (χ0) is 11.5. The number of piperidine rings is 1. The molecule has 1 aromatic heterocycles. The Hall–Kier alpha value is -0.870. The molecule has 2 saturated heterocycles. The van der Waals surface area contributed by atoms with Crippen LogP contribution in [0.25, 0.3) is 0 Å². The molecule has 2 fully saturated rings. The summed E-state index contributed by atoms with van der Waals surface area (Å²) in [6.45, 7) is 4.47. The Labute approximate surface area is 102 Å². The van der Waals surface area contributed by atoms with Crippen molar-refractivity contribution in [2.45, 2.75) is 31.6 Å². The SMILES string of the molecule is c1nc(CC2CCNC2)oc1C1CCNCC1. The van der Waals surface area contributed by atoms with Crippen molar-refractivity contribution in [3.63, 3.8) is 0 Å². The summed E-state index contributed by atoms with van der Waals surface area (Å²) in [5.74, 6) is 3.34. The van der Waals surface area contributed by atoms with Gasteiger partial charge in [0.15, 0.2) is 5.89 Å². The van der Waals surface area contributed by atoms with E-state index in [0.29, 0.717) is 5.92 Å². The van der Waals surface area contributed by atoms with E-state index in [0.717, 1.165) is 50.2 Å². The maximum atomic E-state index is 5.92. The minimum atomic E-state index is 0.583. The summed E-state index contributed by atoms with van der Waals surface area (Å²) in [4.78, 5) is 4.44. The number of nitrogens with zero attached hydrogens (tertiary/aromatic N) is 1. The molecular formula is C13H21N3O. The number of aromatic nitrogens is 1. The Balaban J connectivity index is 1.60. The second kappa shape index (κ2) is 5.19. The van der Waals surface area contributed by atoms with E-state index in [9.17, 15) is 0 Å². The summed E-state index contributed by atoms with van der Waals surface area (Å²) in [5.41, 5.74) is 0. The van der Waals surface area contributed by atoms with Gasteiger partial charge < -0.3 is 15.1 Å². The molecule has 1 unspecified atom stereocenters. The molecule has 0 aromatic carbocycles. The standard InChI is InChI=1S/C13H21N3O/c1-4-15-8-10(1)7-13-16-9-12(17-13)11-2-5-14-6-3-11/h9-11,14-15H,1-8H2. The topological polar surface area (TPSA) is 50.1 Å². The monoisotopic (exact) mass is 235 g/mol. The maximum Gasteiger partial charge on any atom is 0.194 e. The van der Waals surface area contributed by atoms with E-state index >= 15 is 0 Å². The molecule has 1 atom stereocenters. The van der Waals surface area contributed by atoms with Crippen LogP contribution in [0.3, 0.4) is 0 Å². The summed E-state index contributed by atoms with van der Waals surface area (Å²) < 4.78 is 5.92. The van der Waals surface area contributed by atoms with Gasteiger partial charge in [-0.2, -0.15) is 0 Å². The Morgan fingerprint density at radius 2 is 2.00 bits per heavy atom. The van der Waals surface area contributed by atoms with Gasteiger partial charge in [-0.25, -0.2) is 4.98 Å². The van der Waals surface area contributed by atoms with Crippen molar-refractivity contribution in [2.75, 3.05) is 26.2 Å². The van der Waals surface area contributed by atoms with Gasteiger partial charge in [-0.15, -0.1) is 0 Å². The molecule has 3 heterocycles. The molecule has 2 aliphatic rings. The number of nitrogens with one attached hydrogen (secondary N) is 2. The van der Waals surface area contributed by atoms with Crippen LogP contribution in [0.5, 0.6) is 0 Å². The highest BCUT2D eigenvalue weighted by atomic mass is 16.4. The molecule has 4 nitrogen and oxygen atoms in total. The molecule has 0 radical (unpaired) electrons. The molecular weight excluding hydrogens is 214 g/mol. The van der Waals surface area contributed by atoms with Crippen LogP contribution in [0.1, 0.15) is 36.8 Å². The molecule has 0 saturated carbocycles. The zero-order valence-corrected chi connectivity index (χ0v) is 10.2. The van der Waals surface area contributed by atoms with E-state index in [4.69, 9.17) is 4.42 Å². The van der Waals surface area contributed by atoms with Crippen LogP contribution in [0.4, 0.5) is 0 Å². The van der Waals surface area contributed by atoms with Gasteiger partial charge >= 0.3 is 0 Å². The van der Waals surface area contributed by atoms with Crippen LogP contribution in [0, 0.1) is 5.92 Å². The molecule has 0 bridgehead atoms. The first-order valence-electron chi connectivity index (χ1n) is 6.78. The Kier molecular flexibility index (Phi) is 3.43. The largest absolute Gasteiger partial charge is 0.445 e. The summed E-state index contributed by atoms with van der Waals surface area (Å²) >= 11 is 0. The molecule has 2 aliphatic heterocycles. The molecule has 4 heteroatoms. The fraction of sp³-hybridized carbons (Fsp3) is 0.769. The molecule has 2 N–H and O–H groups in total. The van der Waals surface area contributed by atoms with Crippen LogP contribution >= 0.6 is 0 Å². The first-order chi connectivity index (χ1) is 8.42. The highest BCUT2D eigenvalue weighted by molar-refractivity contribution is 5.04. The third-order valence-corrected chi connectivity index (χ3v) is 3.94. The lowest BCUT2D eigenvalue weighted by atomic mass is 9.96. The third kappa shape index (κ3) is 2.69. The van der Waals surface area contributed by atoms with Crippen molar-refractivity contribution < 1.29 is 4.42 Å². The minimum absolute atomic E-state index is 0.583. The fourth-order valence-corrected chi connectivity index (χ4v) is 2.85. The average molecular weight is 235 g/mol. The van der Waals surface area contributed by atoms with E-state index in [1.807, 2.05) is 6.20 Å². The van der Waals surface area contributed by atoms with Crippen molar-refractivity contribution in [1.82, 2.24) is 15.6 Å². The highest BCUT2D eigenvalue weighted by Gasteiger charge is 2.21. The van der Waals surface area contributed by atoms with Gasteiger partial charge in [-0.3, -0.25) is 0 Å². The van der Waals surface area contributed by atoms with Gasteiger partial charge in [0.1, 0.15) is 5.76 Å². The van der Waals surface area contributed by atoms with Gasteiger partial charge in [-0.1, -0.05) is 0 Å². The number of oxazole rings is 1. The van der Waals surface area contributed by atoms with Gasteiger partial charge in [-0.05, 0) is 51.4 Å². The van der Waals surface area contributed by atoms with Gasteiger partial charge in [0.25, 0.3) is 0 Å². The van der Waals surface area contributed by atoms with Crippen LogP contribution in [-0.2, 0) is 6.42 Å². The predicted octanol–water partition coefficient (Wildman–Crippen LogP) is 1.29. The second-order valence-corrected chi connectivity index (χ2v) is 5.24. The Morgan fingerprint density at radius 3 is 2.76 bits per heavy atom. The van der Waals surface area contributed by atoms with E-state index in [1.54, 1.807) is 0 Å². The molecule has 0 spiro atoms. The molecule has 0 aliphatic carbocycles. The lowest BCUT2D eigenvalue weighted by molar-refractivity contribution is 0.358. The van der Waals surface area contributed by atoms with Crippen LogP contribution in [0.15, 0.2) is 10.6 Å². The molecule has 94 valence electrons. The first kappa shape index (κ1) is 11.2. The van der Waals surface area contributed by atoms with Gasteiger partial charge in [0.2, 0.25) is 0 Å². The third-order valence-electron chi connectivity index (χ3n) is 3.94. The van der Waals surface area contributed by atoms with Crippen molar-refractivity contribution in [1.29, 1.82) is 0 Å². The highest BCUT2D eigenvalue weighted by Crippen LogP contribution is 2.26. The molecule has 1 aromatic rings. The smallest absolute Gasteiger partial charge is 0.194 e. The summed E-state index contributed by atoms with van der Waals surface area (Å²) in [6.07, 6.45) is 6.57. The number of hydrogen-bond donors (Lipinski definition) is 2. The zero-order valence-electron chi connectivity index (χ0n) is 10.2. The van der Waals surface area contributed by atoms with E-state index in [1.165, 1.54) is 19.3 Å². The number of rotatable bonds is 3. The van der Waals surface area contributed by atoms with Gasteiger partial charge in [0, 0.05) is 12.3 Å². The van der Waals surface area contributed by atoms with Crippen LogP contribution in [-0.4, -0.2) is 31.2 Å². The molecule has 17 heavy (non-hydrogen) atoms. The summed E-state index contributed by atoms with van der Waals surface area (Å²) in [7, 11) is 0. The molecule has 0 amide bonds. The average Bonchev–Trinajstić information content (AvgIpc) is 3.02.